The standard InChI is InChI=1S/C19H20N2O/c22-19-15-8-11-21(12-9-15)18(19)17(14-5-2-1-3-6-14)16-7-4-10-20-13-16/h1-7,10,13,15,17-18H,8-9,11-12H2. The van der Waals surface area contributed by atoms with Gasteiger partial charge in [0, 0.05) is 24.2 Å². The molecular weight excluding hydrogens is 272 g/mol. The van der Waals surface area contributed by atoms with Crippen LogP contribution in [-0.2, 0) is 4.79 Å². The number of pyridine rings is 1. The molecule has 3 nitrogen and oxygen atoms in total. The van der Waals surface area contributed by atoms with Crippen molar-refractivity contribution in [1.29, 1.82) is 0 Å². The number of nitrogens with zero attached hydrogens (tertiary/aromatic N) is 2. The van der Waals surface area contributed by atoms with E-state index in [0.717, 1.165) is 31.5 Å². The first kappa shape index (κ1) is 13.6. The smallest absolute Gasteiger partial charge is 0.154 e. The summed E-state index contributed by atoms with van der Waals surface area (Å²) in [4.78, 5) is 19.6. The van der Waals surface area contributed by atoms with E-state index >= 15 is 0 Å². The van der Waals surface area contributed by atoms with Crippen LogP contribution in [0.25, 0.3) is 0 Å². The van der Waals surface area contributed by atoms with Gasteiger partial charge in [0.2, 0.25) is 0 Å². The Morgan fingerprint density at radius 2 is 1.73 bits per heavy atom. The summed E-state index contributed by atoms with van der Waals surface area (Å²) in [6, 6.07) is 14.4. The van der Waals surface area contributed by atoms with Crippen molar-refractivity contribution in [2.75, 3.05) is 13.1 Å². The fourth-order valence-corrected chi connectivity index (χ4v) is 4.04. The summed E-state index contributed by atoms with van der Waals surface area (Å²) in [6.07, 6.45) is 5.77. The van der Waals surface area contributed by atoms with E-state index in [2.05, 4.69) is 40.2 Å². The third-order valence-corrected chi connectivity index (χ3v) is 5.13. The molecule has 0 spiro atoms. The van der Waals surface area contributed by atoms with Gasteiger partial charge in [-0.25, -0.2) is 0 Å². The molecule has 3 aliphatic heterocycles. The molecule has 22 heavy (non-hydrogen) atoms. The van der Waals surface area contributed by atoms with Crippen molar-refractivity contribution in [3.63, 3.8) is 0 Å². The molecule has 3 fully saturated rings. The van der Waals surface area contributed by atoms with Crippen LogP contribution in [0.15, 0.2) is 54.9 Å². The molecule has 2 atom stereocenters. The summed E-state index contributed by atoms with van der Waals surface area (Å²) in [5.74, 6) is 0.776. The van der Waals surface area contributed by atoms with Gasteiger partial charge in [0.1, 0.15) is 0 Å². The number of carbonyl (C=O) groups is 1. The highest BCUT2D eigenvalue weighted by Gasteiger charge is 2.45. The fourth-order valence-electron chi connectivity index (χ4n) is 4.04. The molecule has 0 aliphatic carbocycles. The molecule has 4 heterocycles. The van der Waals surface area contributed by atoms with Crippen molar-refractivity contribution in [2.24, 2.45) is 5.92 Å². The minimum atomic E-state index is -0.0286. The zero-order valence-electron chi connectivity index (χ0n) is 12.6. The van der Waals surface area contributed by atoms with Crippen molar-refractivity contribution in [1.82, 2.24) is 9.88 Å². The normalized spacial score (nSPS) is 28.5. The summed E-state index contributed by atoms with van der Waals surface area (Å²) in [6.45, 7) is 2.09. The first-order valence-corrected chi connectivity index (χ1v) is 8.07. The number of hydrogen-bond donors (Lipinski definition) is 0. The Morgan fingerprint density at radius 1 is 1.00 bits per heavy atom. The lowest BCUT2D eigenvalue weighted by molar-refractivity contribution is -0.137. The Hall–Kier alpha value is -2.00. The van der Waals surface area contributed by atoms with Crippen molar-refractivity contribution in [3.05, 3.63) is 66.0 Å². The molecule has 3 aliphatic rings. The van der Waals surface area contributed by atoms with Gasteiger partial charge in [-0.15, -0.1) is 0 Å². The molecule has 0 saturated carbocycles. The molecule has 5 rings (SSSR count). The van der Waals surface area contributed by atoms with E-state index in [1.807, 2.05) is 18.3 Å². The van der Waals surface area contributed by atoms with Crippen LogP contribution in [0.3, 0.4) is 0 Å². The average Bonchev–Trinajstić information content (AvgIpc) is 2.60. The molecule has 3 saturated heterocycles. The summed E-state index contributed by atoms with van der Waals surface area (Å²) < 4.78 is 0. The van der Waals surface area contributed by atoms with Gasteiger partial charge in [0.15, 0.2) is 5.78 Å². The molecule has 112 valence electrons. The van der Waals surface area contributed by atoms with Crippen LogP contribution in [0.5, 0.6) is 0 Å². The van der Waals surface area contributed by atoms with Gasteiger partial charge in [0.05, 0.1) is 6.04 Å². The van der Waals surface area contributed by atoms with E-state index in [0.29, 0.717) is 5.78 Å². The van der Waals surface area contributed by atoms with Crippen molar-refractivity contribution < 1.29 is 4.79 Å². The number of piperidine rings is 3. The fraction of sp³-hybridized carbons (Fsp3) is 0.368. The summed E-state index contributed by atoms with van der Waals surface area (Å²) in [7, 11) is 0. The van der Waals surface area contributed by atoms with E-state index in [1.54, 1.807) is 6.20 Å². The Balaban J connectivity index is 1.79. The molecule has 1 aromatic heterocycles. The Kier molecular flexibility index (Phi) is 3.51. The maximum Gasteiger partial charge on any atom is 0.154 e. The number of hydrogen-bond acceptors (Lipinski definition) is 3. The quantitative estimate of drug-likeness (QED) is 0.872. The van der Waals surface area contributed by atoms with Crippen LogP contribution in [0.2, 0.25) is 0 Å². The lowest BCUT2D eigenvalue weighted by Gasteiger charge is -2.47. The largest absolute Gasteiger partial charge is 0.298 e. The van der Waals surface area contributed by atoms with Gasteiger partial charge in [0.25, 0.3) is 0 Å². The monoisotopic (exact) mass is 292 g/mol. The SMILES string of the molecule is O=C1C2CCN(CC2)C1C(c1ccccc1)c1cccnc1. The number of carbonyl (C=O) groups excluding carboxylic acids is 1. The first-order chi connectivity index (χ1) is 10.8. The number of aromatic nitrogens is 1. The second-order valence-corrected chi connectivity index (χ2v) is 6.33. The Labute approximate surface area is 131 Å². The lowest BCUT2D eigenvalue weighted by atomic mass is 9.73. The zero-order chi connectivity index (χ0) is 14.9. The second-order valence-electron chi connectivity index (χ2n) is 6.33. The number of ketones is 1. The molecule has 3 heteroatoms. The Bertz CT molecular complexity index is 608. The minimum absolute atomic E-state index is 0.0286. The number of rotatable bonds is 3. The van der Waals surface area contributed by atoms with Crippen LogP contribution in [0.4, 0.5) is 0 Å². The number of fused-ring (bicyclic) bond motifs is 3. The van der Waals surface area contributed by atoms with Gasteiger partial charge >= 0.3 is 0 Å². The average molecular weight is 292 g/mol. The molecule has 1 aromatic carbocycles. The summed E-state index contributed by atoms with van der Waals surface area (Å²) in [5.41, 5.74) is 2.35. The molecular formula is C19H20N2O. The molecule has 0 N–H and O–H groups in total. The molecule has 2 bridgehead atoms. The highest BCUT2D eigenvalue weighted by molar-refractivity contribution is 5.89. The highest BCUT2D eigenvalue weighted by Crippen LogP contribution is 2.39. The zero-order valence-corrected chi connectivity index (χ0v) is 12.6. The van der Waals surface area contributed by atoms with Gasteiger partial charge in [-0.2, -0.15) is 0 Å². The van der Waals surface area contributed by atoms with Crippen LogP contribution >= 0.6 is 0 Å². The minimum Gasteiger partial charge on any atom is -0.298 e. The summed E-state index contributed by atoms with van der Waals surface area (Å²) >= 11 is 0. The highest BCUT2D eigenvalue weighted by atomic mass is 16.1. The van der Waals surface area contributed by atoms with Gasteiger partial charge in [-0.1, -0.05) is 36.4 Å². The van der Waals surface area contributed by atoms with E-state index in [4.69, 9.17) is 0 Å². The lowest BCUT2D eigenvalue weighted by Crippen LogP contribution is -2.57. The molecule has 0 radical (unpaired) electrons. The topological polar surface area (TPSA) is 33.2 Å². The van der Waals surface area contributed by atoms with Crippen LogP contribution in [0, 0.1) is 5.92 Å². The molecule has 2 unspecified atom stereocenters. The van der Waals surface area contributed by atoms with E-state index in [1.165, 1.54) is 5.56 Å². The third-order valence-electron chi connectivity index (χ3n) is 5.13. The Morgan fingerprint density at radius 3 is 2.36 bits per heavy atom. The van der Waals surface area contributed by atoms with Gasteiger partial charge < -0.3 is 0 Å². The third kappa shape index (κ3) is 2.26. The molecule has 2 aromatic rings. The van der Waals surface area contributed by atoms with Crippen LogP contribution in [0.1, 0.15) is 29.9 Å². The maximum atomic E-state index is 12.9. The van der Waals surface area contributed by atoms with Crippen molar-refractivity contribution in [3.8, 4) is 0 Å². The maximum absolute atomic E-state index is 12.9. The van der Waals surface area contributed by atoms with E-state index < -0.39 is 0 Å². The number of benzene rings is 1. The predicted octanol–water partition coefficient (Wildman–Crippen LogP) is 2.88. The first-order valence-electron chi connectivity index (χ1n) is 8.07. The van der Waals surface area contributed by atoms with E-state index in [-0.39, 0.29) is 17.9 Å². The van der Waals surface area contributed by atoms with Crippen LogP contribution in [-0.4, -0.2) is 34.8 Å². The van der Waals surface area contributed by atoms with Crippen molar-refractivity contribution in [2.45, 2.75) is 24.8 Å². The van der Waals surface area contributed by atoms with Crippen LogP contribution < -0.4 is 0 Å². The van der Waals surface area contributed by atoms with Gasteiger partial charge in [-0.3, -0.25) is 14.7 Å². The predicted molar refractivity (Wildman–Crippen MR) is 85.6 cm³/mol. The van der Waals surface area contributed by atoms with Crippen molar-refractivity contribution >= 4 is 5.78 Å². The second kappa shape index (κ2) is 5.65. The molecule has 0 amide bonds. The van der Waals surface area contributed by atoms with Gasteiger partial charge in [-0.05, 0) is 43.1 Å². The van der Waals surface area contributed by atoms with E-state index in [9.17, 15) is 4.79 Å². The summed E-state index contributed by atoms with van der Waals surface area (Å²) in [5, 5.41) is 0. The number of Topliss-reactive ketones (excluding diaryl/α,β-unsaturated/α-hetero) is 1.